The standard InChI is InChI=1S/C16H22O9/c1-2-3-4-14-5-7-15(8-6-14)20-10-12-22-24-25-23-21-11-9-19-13-16(17)18/h5-9,11H,2-4,10,12-13H2,1H3,(H,17,18)/b11-9-. The highest BCUT2D eigenvalue weighted by atomic mass is 17.8. The molecule has 1 aromatic carbocycles. The van der Waals surface area contributed by atoms with Crippen molar-refractivity contribution in [1.82, 2.24) is 0 Å². The summed E-state index contributed by atoms with van der Waals surface area (Å²) in [6.45, 7) is 2.01. The van der Waals surface area contributed by atoms with Crippen molar-refractivity contribution in [3.05, 3.63) is 42.4 Å². The second kappa shape index (κ2) is 14.1. The maximum Gasteiger partial charge on any atom is 0.341 e. The number of benzene rings is 1. The van der Waals surface area contributed by atoms with Crippen molar-refractivity contribution in [2.45, 2.75) is 26.2 Å². The van der Waals surface area contributed by atoms with E-state index in [4.69, 9.17) is 9.84 Å². The van der Waals surface area contributed by atoms with Crippen LogP contribution in [0.1, 0.15) is 25.3 Å². The van der Waals surface area contributed by atoms with Crippen LogP contribution < -0.4 is 4.74 Å². The van der Waals surface area contributed by atoms with E-state index in [2.05, 4.69) is 36.6 Å². The van der Waals surface area contributed by atoms with Gasteiger partial charge in [0.2, 0.25) is 0 Å². The molecule has 0 saturated carbocycles. The average molecular weight is 358 g/mol. The topological polar surface area (TPSA) is 102 Å². The molecule has 0 aliphatic carbocycles. The van der Waals surface area contributed by atoms with Crippen LogP contribution in [-0.2, 0) is 40.8 Å². The molecular formula is C16H22O9. The van der Waals surface area contributed by atoms with E-state index in [9.17, 15) is 4.79 Å². The Morgan fingerprint density at radius 1 is 1.08 bits per heavy atom. The van der Waals surface area contributed by atoms with Gasteiger partial charge in [-0.15, -0.1) is 0 Å². The lowest BCUT2D eigenvalue weighted by Crippen LogP contribution is -2.08. The van der Waals surface area contributed by atoms with Crippen LogP contribution in [0.4, 0.5) is 0 Å². The zero-order valence-electron chi connectivity index (χ0n) is 13.9. The Bertz CT molecular complexity index is 487. The predicted molar refractivity (Wildman–Crippen MR) is 83.6 cm³/mol. The van der Waals surface area contributed by atoms with Crippen LogP contribution in [-0.4, -0.2) is 30.9 Å². The molecule has 1 N–H and O–H groups in total. The van der Waals surface area contributed by atoms with Gasteiger partial charge in [0.25, 0.3) is 0 Å². The lowest BCUT2D eigenvalue weighted by Gasteiger charge is -2.06. The molecule has 0 aromatic heterocycles. The van der Waals surface area contributed by atoms with Gasteiger partial charge in [0, 0.05) is 10.1 Å². The highest BCUT2D eigenvalue weighted by Crippen LogP contribution is 2.13. The Kier molecular flexibility index (Phi) is 11.6. The molecule has 25 heavy (non-hydrogen) atoms. The van der Waals surface area contributed by atoms with Gasteiger partial charge in [-0.2, -0.15) is 0 Å². The van der Waals surface area contributed by atoms with Crippen molar-refractivity contribution in [3.63, 3.8) is 0 Å². The van der Waals surface area contributed by atoms with E-state index in [-0.39, 0.29) is 13.2 Å². The van der Waals surface area contributed by atoms with Gasteiger partial charge < -0.3 is 19.5 Å². The fourth-order valence-electron chi connectivity index (χ4n) is 1.61. The zero-order chi connectivity index (χ0) is 18.2. The highest BCUT2D eigenvalue weighted by molar-refractivity contribution is 5.68. The van der Waals surface area contributed by atoms with Crippen LogP contribution in [0.15, 0.2) is 36.8 Å². The number of carboxylic acid groups (broad SMARTS) is 1. The summed E-state index contributed by atoms with van der Waals surface area (Å²) in [6.07, 6.45) is 5.26. The third kappa shape index (κ3) is 11.8. The Labute approximate surface area is 145 Å². The molecule has 140 valence electrons. The minimum atomic E-state index is -1.12. The maximum absolute atomic E-state index is 10.1. The number of hydrogen-bond donors (Lipinski definition) is 1. The number of aryl methyl sites for hydroxylation is 1. The van der Waals surface area contributed by atoms with Gasteiger partial charge >= 0.3 is 5.97 Å². The summed E-state index contributed by atoms with van der Waals surface area (Å²) in [6, 6.07) is 7.87. The summed E-state index contributed by atoms with van der Waals surface area (Å²) in [4.78, 5) is 19.0. The van der Waals surface area contributed by atoms with Crippen LogP contribution >= 0.6 is 0 Å². The van der Waals surface area contributed by atoms with Gasteiger partial charge in [0.15, 0.2) is 12.9 Å². The van der Waals surface area contributed by atoms with Crippen LogP contribution in [0.2, 0.25) is 0 Å². The van der Waals surface area contributed by atoms with Gasteiger partial charge in [-0.3, -0.25) is 0 Å². The summed E-state index contributed by atoms with van der Waals surface area (Å²) >= 11 is 0. The van der Waals surface area contributed by atoms with Crippen LogP contribution in [0.3, 0.4) is 0 Å². The fraction of sp³-hybridized carbons (Fsp3) is 0.438. The number of rotatable bonds is 15. The highest BCUT2D eigenvalue weighted by Gasteiger charge is 1.97. The van der Waals surface area contributed by atoms with Crippen LogP contribution in [0, 0.1) is 0 Å². The number of ether oxygens (including phenoxy) is 2. The Morgan fingerprint density at radius 2 is 1.88 bits per heavy atom. The SMILES string of the molecule is CCCCc1ccc(OCCOOOOO/C=C\OCC(=O)O)cc1. The van der Waals surface area contributed by atoms with Crippen LogP contribution in [0.5, 0.6) is 5.75 Å². The molecule has 0 aliphatic heterocycles. The van der Waals surface area contributed by atoms with E-state index in [1.54, 1.807) is 0 Å². The van der Waals surface area contributed by atoms with Crippen molar-refractivity contribution in [3.8, 4) is 5.75 Å². The van der Waals surface area contributed by atoms with E-state index in [1.165, 1.54) is 18.4 Å². The van der Waals surface area contributed by atoms with Crippen molar-refractivity contribution in [2.75, 3.05) is 19.8 Å². The minimum Gasteiger partial charge on any atom is -0.491 e. The molecule has 0 spiro atoms. The fourth-order valence-corrected chi connectivity index (χ4v) is 1.61. The summed E-state index contributed by atoms with van der Waals surface area (Å²) in [5, 5.41) is 20.5. The zero-order valence-corrected chi connectivity index (χ0v) is 13.9. The van der Waals surface area contributed by atoms with E-state index in [0.717, 1.165) is 24.7 Å². The molecule has 0 saturated heterocycles. The van der Waals surface area contributed by atoms with Gasteiger partial charge in [0.1, 0.15) is 25.2 Å². The smallest absolute Gasteiger partial charge is 0.341 e. The van der Waals surface area contributed by atoms with E-state index in [1.807, 2.05) is 24.3 Å². The molecule has 0 fully saturated rings. The maximum atomic E-state index is 10.1. The van der Waals surface area contributed by atoms with E-state index in [0.29, 0.717) is 0 Å². The molecule has 0 radical (unpaired) electrons. The molecule has 0 aliphatic rings. The Hall–Kier alpha value is -2.33. The molecule has 1 rings (SSSR count). The third-order valence-electron chi connectivity index (χ3n) is 2.73. The molecule has 0 unspecified atom stereocenters. The second-order valence-electron chi connectivity index (χ2n) is 4.70. The summed E-state index contributed by atoms with van der Waals surface area (Å²) in [5.41, 5.74) is 1.28. The Balaban J connectivity index is 1.94. The van der Waals surface area contributed by atoms with Crippen molar-refractivity contribution >= 4 is 5.97 Å². The summed E-state index contributed by atoms with van der Waals surface area (Å²) < 4.78 is 9.94. The minimum absolute atomic E-state index is 0.0957. The molecular weight excluding hydrogens is 336 g/mol. The summed E-state index contributed by atoms with van der Waals surface area (Å²) in [5.74, 6) is -0.385. The largest absolute Gasteiger partial charge is 0.491 e. The Morgan fingerprint density at radius 3 is 2.60 bits per heavy atom. The number of unbranched alkanes of at least 4 members (excludes halogenated alkanes) is 1. The molecule has 9 heteroatoms. The van der Waals surface area contributed by atoms with Gasteiger partial charge in [0.05, 0.1) is 0 Å². The third-order valence-corrected chi connectivity index (χ3v) is 2.73. The summed E-state index contributed by atoms with van der Waals surface area (Å²) in [7, 11) is 0. The van der Waals surface area contributed by atoms with Crippen molar-refractivity contribution in [2.24, 2.45) is 0 Å². The molecule has 0 amide bonds. The first kappa shape index (κ1) is 20.7. The lowest BCUT2D eigenvalue weighted by atomic mass is 10.1. The van der Waals surface area contributed by atoms with E-state index >= 15 is 0 Å². The first-order chi connectivity index (χ1) is 12.2. The van der Waals surface area contributed by atoms with Gasteiger partial charge in [-0.05, 0) is 35.6 Å². The number of carboxylic acids is 1. The quantitative estimate of drug-likeness (QED) is 0.219. The van der Waals surface area contributed by atoms with E-state index < -0.39 is 12.6 Å². The first-order valence-electron chi connectivity index (χ1n) is 7.70. The molecule has 0 bridgehead atoms. The lowest BCUT2D eigenvalue weighted by molar-refractivity contribution is -0.700. The number of hydrogen-bond acceptors (Lipinski definition) is 8. The second-order valence-corrected chi connectivity index (χ2v) is 4.70. The van der Waals surface area contributed by atoms with Crippen molar-refractivity contribution in [1.29, 1.82) is 0 Å². The predicted octanol–water partition coefficient (Wildman–Crippen LogP) is 2.72. The monoisotopic (exact) mass is 358 g/mol. The normalized spacial score (nSPS) is 10.8. The van der Waals surface area contributed by atoms with Crippen molar-refractivity contribution < 1.29 is 44.3 Å². The average Bonchev–Trinajstić information content (AvgIpc) is 2.61. The number of aliphatic carboxylic acids is 1. The van der Waals surface area contributed by atoms with Gasteiger partial charge in [-0.1, -0.05) is 25.5 Å². The molecule has 9 nitrogen and oxygen atoms in total. The number of carbonyl (C=O) groups is 1. The molecule has 0 atom stereocenters. The molecule has 0 heterocycles. The van der Waals surface area contributed by atoms with Crippen LogP contribution in [0.25, 0.3) is 0 Å². The van der Waals surface area contributed by atoms with Gasteiger partial charge in [-0.25, -0.2) is 9.68 Å². The molecule has 1 aromatic rings. The first-order valence-corrected chi connectivity index (χ1v) is 7.70.